The number of aromatic nitrogens is 2. The zero-order valence-corrected chi connectivity index (χ0v) is 22.0. The van der Waals surface area contributed by atoms with Crippen LogP contribution in [-0.4, -0.2) is 17.0 Å². The van der Waals surface area contributed by atoms with Gasteiger partial charge in [-0.05, 0) is 79.6 Å². The van der Waals surface area contributed by atoms with Gasteiger partial charge in [0.1, 0.15) is 11.5 Å². The lowest BCUT2D eigenvalue weighted by Gasteiger charge is -2.11. The molecule has 0 bridgehead atoms. The molecule has 2 heterocycles. The van der Waals surface area contributed by atoms with Crippen molar-refractivity contribution in [1.29, 1.82) is 0 Å². The number of pyridine rings is 1. The first-order chi connectivity index (χ1) is 18.3. The van der Waals surface area contributed by atoms with Crippen LogP contribution in [0, 0.1) is 13.8 Å². The first-order valence-electron chi connectivity index (χ1n) is 11.8. The summed E-state index contributed by atoms with van der Waals surface area (Å²) in [5.41, 5.74) is 2.34. The van der Waals surface area contributed by atoms with E-state index in [1.807, 2.05) is 19.9 Å². The highest BCUT2D eigenvalue weighted by molar-refractivity contribution is 7.90. The summed E-state index contributed by atoms with van der Waals surface area (Å²) in [6.45, 7) is 3.67. The van der Waals surface area contributed by atoms with E-state index >= 15 is 0 Å². The maximum atomic E-state index is 13.6. The summed E-state index contributed by atoms with van der Waals surface area (Å²) in [4.78, 5) is 12.7. The first kappa shape index (κ1) is 26.3. The number of fused-ring (bicyclic) bond motifs is 1. The highest BCUT2D eigenvalue weighted by Crippen LogP contribution is 2.36. The first-order valence-corrected chi connectivity index (χ1v) is 13.3. The minimum Gasteiger partial charge on any atom is -0.457 e. The summed E-state index contributed by atoms with van der Waals surface area (Å²) < 4.78 is 74.5. The summed E-state index contributed by atoms with van der Waals surface area (Å²) in [7, 11) is -2.44. The van der Waals surface area contributed by atoms with Crippen molar-refractivity contribution in [3.8, 4) is 22.6 Å². The van der Waals surface area contributed by atoms with E-state index in [0.717, 1.165) is 27.2 Å². The lowest BCUT2D eigenvalue weighted by molar-refractivity contribution is -0.137. The third-order valence-corrected chi connectivity index (χ3v) is 8.08. The van der Waals surface area contributed by atoms with Gasteiger partial charge in [0, 0.05) is 24.9 Å². The number of halogens is 3. The van der Waals surface area contributed by atoms with Crippen LogP contribution < -0.4 is 10.3 Å². The number of hydrogen-bond donors (Lipinski definition) is 0. The quantitative estimate of drug-likeness (QED) is 0.244. The van der Waals surface area contributed by atoms with Gasteiger partial charge in [0.25, 0.3) is 15.6 Å². The van der Waals surface area contributed by atoms with Crippen molar-refractivity contribution in [2.75, 3.05) is 0 Å². The summed E-state index contributed by atoms with van der Waals surface area (Å²) >= 11 is 0. The van der Waals surface area contributed by atoms with Gasteiger partial charge in [0.05, 0.1) is 21.5 Å². The summed E-state index contributed by atoms with van der Waals surface area (Å²) in [5, 5.41) is 0. The van der Waals surface area contributed by atoms with Crippen molar-refractivity contribution in [2.45, 2.75) is 24.9 Å². The summed E-state index contributed by atoms with van der Waals surface area (Å²) in [6.07, 6.45) is -2.99. The molecule has 0 atom stereocenters. The third-order valence-electron chi connectivity index (χ3n) is 6.39. The Kier molecular flexibility index (Phi) is 6.38. The molecule has 0 N–H and O–H groups in total. The van der Waals surface area contributed by atoms with Crippen molar-refractivity contribution in [1.82, 2.24) is 8.54 Å². The Balaban J connectivity index is 1.64. The molecule has 0 saturated carbocycles. The summed E-state index contributed by atoms with van der Waals surface area (Å²) in [6, 6.07) is 18.8. The molecule has 6 nitrogen and oxygen atoms in total. The fourth-order valence-electron chi connectivity index (χ4n) is 4.41. The van der Waals surface area contributed by atoms with Crippen molar-refractivity contribution in [3.63, 3.8) is 0 Å². The van der Waals surface area contributed by atoms with Gasteiger partial charge in [-0.15, -0.1) is 0 Å². The number of rotatable bonds is 5. The van der Waals surface area contributed by atoms with Crippen LogP contribution in [-0.2, 0) is 23.2 Å². The topological polar surface area (TPSA) is 70.3 Å². The Labute approximate surface area is 222 Å². The van der Waals surface area contributed by atoms with Crippen LogP contribution in [0.4, 0.5) is 13.2 Å². The van der Waals surface area contributed by atoms with Crippen LogP contribution in [0.15, 0.2) is 94.7 Å². The van der Waals surface area contributed by atoms with Gasteiger partial charge < -0.3 is 9.30 Å². The van der Waals surface area contributed by atoms with Crippen molar-refractivity contribution >= 4 is 21.1 Å². The fourth-order valence-corrected chi connectivity index (χ4v) is 5.77. The molecule has 0 saturated heterocycles. The molecule has 0 amide bonds. The lowest BCUT2D eigenvalue weighted by Crippen LogP contribution is -2.17. The second-order valence-electron chi connectivity index (χ2n) is 9.28. The van der Waals surface area contributed by atoms with Gasteiger partial charge in [0.2, 0.25) is 0 Å². The maximum Gasteiger partial charge on any atom is 0.416 e. The van der Waals surface area contributed by atoms with Gasteiger partial charge in [0.15, 0.2) is 0 Å². The molecule has 0 fully saturated rings. The van der Waals surface area contributed by atoms with Gasteiger partial charge in [-0.2, -0.15) is 13.2 Å². The fraction of sp³-hybridized carbons (Fsp3) is 0.138. The zero-order valence-electron chi connectivity index (χ0n) is 21.2. The Hall–Kier alpha value is -4.31. The van der Waals surface area contributed by atoms with Gasteiger partial charge in [-0.1, -0.05) is 23.8 Å². The predicted molar refractivity (Wildman–Crippen MR) is 143 cm³/mol. The van der Waals surface area contributed by atoms with E-state index in [4.69, 9.17) is 4.74 Å². The molecule has 0 aliphatic heterocycles. The normalized spacial score (nSPS) is 12.2. The van der Waals surface area contributed by atoms with E-state index in [0.29, 0.717) is 27.9 Å². The Bertz CT molecular complexity index is 1870. The summed E-state index contributed by atoms with van der Waals surface area (Å²) in [5.74, 6) is 0.546. The smallest absolute Gasteiger partial charge is 0.416 e. The average molecular weight is 553 g/mol. The van der Waals surface area contributed by atoms with E-state index in [-0.39, 0.29) is 16.2 Å². The molecule has 5 aromatic rings. The van der Waals surface area contributed by atoms with Crippen LogP contribution in [0.1, 0.15) is 16.7 Å². The van der Waals surface area contributed by atoms with Gasteiger partial charge >= 0.3 is 6.18 Å². The highest BCUT2D eigenvalue weighted by Gasteiger charge is 2.30. The monoisotopic (exact) mass is 552 g/mol. The minimum absolute atomic E-state index is 0.0981. The maximum absolute atomic E-state index is 13.6. The Morgan fingerprint density at radius 2 is 1.46 bits per heavy atom. The van der Waals surface area contributed by atoms with Crippen LogP contribution in [0.3, 0.4) is 0 Å². The molecule has 0 radical (unpaired) electrons. The molecular formula is C29H23F3N2O4S. The van der Waals surface area contributed by atoms with Gasteiger partial charge in [-0.25, -0.2) is 12.4 Å². The number of ether oxygens (including phenoxy) is 1. The lowest BCUT2D eigenvalue weighted by atomic mass is 10.0. The third kappa shape index (κ3) is 4.95. The molecule has 2 aromatic heterocycles. The molecule has 10 heteroatoms. The molecule has 0 aliphatic rings. The molecule has 200 valence electrons. The molecular weight excluding hydrogens is 529 g/mol. The average Bonchev–Trinajstić information content (AvgIpc) is 3.27. The van der Waals surface area contributed by atoms with Crippen LogP contribution >= 0.6 is 0 Å². The van der Waals surface area contributed by atoms with E-state index in [9.17, 15) is 26.4 Å². The van der Waals surface area contributed by atoms with Crippen molar-refractivity contribution in [3.05, 3.63) is 112 Å². The Morgan fingerprint density at radius 3 is 2.10 bits per heavy atom. The molecule has 39 heavy (non-hydrogen) atoms. The van der Waals surface area contributed by atoms with Crippen LogP contribution in [0.5, 0.6) is 11.5 Å². The largest absolute Gasteiger partial charge is 0.457 e. The van der Waals surface area contributed by atoms with E-state index in [1.165, 1.54) is 47.2 Å². The van der Waals surface area contributed by atoms with Crippen molar-refractivity contribution in [2.24, 2.45) is 7.05 Å². The number of alkyl halides is 3. The molecule has 0 aliphatic carbocycles. The molecule has 5 rings (SSSR count). The van der Waals surface area contributed by atoms with Crippen molar-refractivity contribution < 1.29 is 26.3 Å². The van der Waals surface area contributed by atoms with E-state index in [1.54, 1.807) is 31.3 Å². The Morgan fingerprint density at radius 1 is 0.795 bits per heavy atom. The predicted octanol–water partition coefficient (Wildman–Crippen LogP) is 6.67. The second kappa shape index (κ2) is 9.46. The molecule has 0 spiro atoms. The van der Waals surface area contributed by atoms with Crippen LogP contribution in [0.25, 0.3) is 22.2 Å². The molecule has 3 aromatic carbocycles. The number of aryl methyl sites for hydroxylation is 3. The number of benzene rings is 3. The van der Waals surface area contributed by atoms with Gasteiger partial charge in [-0.3, -0.25) is 4.79 Å². The number of hydrogen-bond acceptors (Lipinski definition) is 4. The van der Waals surface area contributed by atoms with E-state index < -0.39 is 21.8 Å². The minimum atomic E-state index is -4.46. The standard InChI is InChI=1S/C29H23F3N2O4S/c1-18-4-10-24(11-5-18)39(36,37)34-17-25(28-26(34)12-13-27(35)33(28)3)20-14-19(2)15-23(16-20)38-22-8-6-21(7-9-22)29(30,31)32/h4-17H,1-3H3. The highest BCUT2D eigenvalue weighted by atomic mass is 32.2. The zero-order chi connectivity index (χ0) is 28.1. The van der Waals surface area contributed by atoms with Crippen LogP contribution in [0.2, 0.25) is 0 Å². The molecule has 0 unspecified atom stereocenters. The SMILES string of the molecule is Cc1ccc(S(=O)(=O)n2cc(-c3cc(C)cc(Oc4ccc(C(F)(F)F)cc4)c3)c3c2ccc(=O)n3C)cc1. The van der Waals surface area contributed by atoms with E-state index in [2.05, 4.69) is 0 Å². The second-order valence-corrected chi connectivity index (χ2v) is 11.1. The number of nitrogens with zero attached hydrogens (tertiary/aromatic N) is 2.